The van der Waals surface area contributed by atoms with E-state index in [0.717, 1.165) is 31.7 Å². The van der Waals surface area contributed by atoms with E-state index in [0.29, 0.717) is 26.2 Å². The lowest BCUT2D eigenvalue weighted by Crippen LogP contribution is -2.45. The van der Waals surface area contributed by atoms with Crippen LogP contribution >= 0.6 is 0 Å². The first-order chi connectivity index (χ1) is 13.1. The number of morpholine rings is 1. The Balaban J connectivity index is 1.40. The Labute approximate surface area is 160 Å². The molecule has 0 radical (unpaired) electrons. The van der Waals surface area contributed by atoms with Gasteiger partial charge in [0.1, 0.15) is 0 Å². The van der Waals surface area contributed by atoms with E-state index in [1.165, 1.54) is 30.4 Å². The molecule has 2 aliphatic rings. The van der Waals surface area contributed by atoms with Crippen molar-refractivity contribution in [2.75, 3.05) is 50.8 Å². The van der Waals surface area contributed by atoms with Crippen LogP contribution in [0, 0.1) is 0 Å². The minimum Gasteiger partial charge on any atom is -0.374 e. The van der Waals surface area contributed by atoms with Gasteiger partial charge in [-0.2, -0.15) is 5.10 Å². The number of nitrogens with one attached hydrogen (secondary N) is 1. The molecule has 27 heavy (non-hydrogen) atoms. The van der Waals surface area contributed by atoms with Crippen molar-refractivity contribution in [3.63, 3.8) is 0 Å². The van der Waals surface area contributed by atoms with Crippen LogP contribution in [0.1, 0.15) is 32.1 Å². The zero-order chi connectivity index (χ0) is 19.1. The Morgan fingerprint density at radius 2 is 2.04 bits per heavy atom. The topological polar surface area (TPSA) is 79.7 Å². The molecule has 0 saturated carbocycles. The van der Waals surface area contributed by atoms with E-state index in [9.17, 15) is 9.59 Å². The molecule has 1 amide bonds. The van der Waals surface area contributed by atoms with Gasteiger partial charge >= 0.3 is 0 Å². The maximum absolute atomic E-state index is 12.2. The minimum absolute atomic E-state index is 0.0429. The highest BCUT2D eigenvalue weighted by molar-refractivity contribution is 5.77. The highest BCUT2D eigenvalue weighted by Gasteiger charge is 2.21. The summed E-state index contributed by atoms with van der Waals surface area (Å²) in [6.45, 7) is 5.22. The van der Waals surface area contributed by atoms with Gasteiger partial charge in [0.05, 0.1) is 31.1 Å². The van der Waals surface area contributed by atoms with Gasteiger partial charge in [0.2, 0.25) is 5.91 Å². The summed E-state index contributed by atoms with van der Waals surface area (Å²) in [5.41, 5.74) is 0.716. The van der Waals surface area contributed by atoms with Crippen LogP contribution in [0.2, 0.25) is 0 Å². The van der Waals surface area contributed by atoms with Crippen LogP contribution in [0.15, 0.2) is 17.1 Å². The van der Waals surface area contributed by atoms with E-state index in [4.69, 9.17) is 4.74 Å². The Bertz CT molecular complexity index is 670. The average Bonchev–Trinajstić information content (AvgIpc) is 2.93. The standard InChI is InChI=1S/C19H31N5O3/c1-22-19(26)12-16(13-21-22)24-10-11-27-17(14-24)6-7-20-18(25)15-23-8-4-2-3-5-9-23/h12-13,17H,2-11,14-15H2,1H3,(H,20,25)/t17-/m0/s1. The fourth-order valence-corrected chi connectivity index (χ4v) is 3.69. The van der Waals surface area contributed by atoms with Gasteiger partial charge in [-0.15, -0.1) is 0 Å². The third kappa shape index (κ3) is 6.04. The number of likely N-dealkylation sites (tertiary alicyclic amines) is 1. The van der Waals surface area contributed by atoms with Gasteiger partial charge in [-0.1, -0.05) is 12.8 Å². The summed E-state index contributed by atoms with van der Waals surface area (Å²) < 4.78 is 7.15. The maximum atomic E-state index is 12.2. The zero-order valence-corrected chi connectivity index (χ0v) is 16.2. The van der Waals surface area contributed by atoms with Gasteiger partial charge in [0.25, 0.3) is 5.56 Å². The lowest BCUT2D eigenvalue weighted by atomic mass is 10.2. The van der Waals surface area contributed by atoms with Crippen molar-refractivity contribution in [3.8, 4) is 0 Å². The van der Waals surface area contributed by atoms with Crippen LogP contribution < -0.4 is 15.8 Å². The van der Waals surface area contributed by atoms with E-state index >= 15 is 0 Å². The van der Waals surface area contributed by atoms with Crippen molar-refractivity contribution < 1.29 is 9.53 Å². The van der Waals surface area contributed by atoms with Crippen molar-refractivity contribution in [1.29, 1.82) is 0 Å². The predicted octanol–water partition coefficient (Wildman–Crippen LogP) is 0.368. The maximum Gasteiger partial charge on any atom is 0.268 e. The van der Waals surface area contributed by atoms with Gasteiger partial charge in [0, 0.05) is 32.7 Å². The summed E-state index contributed by atoms with van der Waals surface area (Å²) in [5.74, 6) is 0.0975. The Hall–Kier alpha value is -1.93. The second-order valence-electron chi connectivity index (χ2n) is 7.44. The Morgan fingerprint density at radius 3 is 2.78 bits per heavy atom. The molecule has 0 bridgehead atoms. The predicted molar refractivity (Wildman–Crippen MR) is 104 cm³/mol. The van der Waals surface area contributed by atoms with Crippen molar-refractivity contribution in [2.45, 2.75) is 38.2 Å². The zero-order valence-electron chi connectivity index (χ0n) is 16.2. The molecule has 1 atom stereocenters. The first kappa shape index (κ1) is 19.8. The molecule has 150 valence electrons. The van der Waals surface area contributed by atoms with Gasteiger partial charge in [-0.25, -0.2) is 4.68 Å². The number of aryl methyl sites for hydroxylation is 1. The number of hydrogen-bond acceptors (Lipinski definition) is 6. The van der Waals surface area contributed by atoms with Crippen LogP contribution in [0.3, 0.4) is 0 Å². The minimum atomic E-state index is -0.115. The first-order valence-corrected chi connectivity index (χ1v) is 10.0. The fraction of sp³-hybridized carbons (Fsp3) is 0.737. The summed E-state index contributed by atoms with van der Waals surface area (Å²) in [6, 6.07) is 1.61. The van der Waals surface area contributed by atoms with Crippen LogP contribution in [0.25, 0.3) is 0 Å². The Kier molecular flexibility index (Phi) is 7.23. The number of carbonyl (C=O) groups is 1. The number of rotatable bonds is 6. The molecule has 0 aromatic carbocycles. The van der Waals surface area contributed by atoms with Gasteiger partial charge in [-0.05, 0) is 32.4 Å². The molecule has 1 aromatic rings. The summed E-state index contributed by atoms with van der Waals surface area (Å²) in [5, 5.41) is 7.11. The number of aromatic nitrogens is 2. The Morgan fingerprint density at radius 1 is 1.26 bits per heavy atom. The molecule has 2 fully saturated rings. The quantitative estimate of drug-likeness (QED) is 0.772. The van der Waals surface area contributed by atoms with E-state index in [1.807, 2.05) is 0 Å². The molecule has 2 saturated heterocycles. The van der Waals surface area contributed by atoms with Crippen molar-refractivity contribution in [1.82, 2.24) is 20.0 Å². The highest BCUT2D eigenvalue weighted by Crippen LogP contribution is 2.16. The second-order valence-corrected chi connectivity index (χ2v) is 7.44. The molecule has 0 aliphatic carbocycles. The molecule has 0 spiro atoms. The van der Waals surface area contributed by atoms with Crippen molar-refractivity contribution in [2.24, 2.45) is 7.05 Å². The number of hydrogen-bond donors (Lipinski definition) is 1. The van der Waals surface area contributed by atoms with Crippen LogP contribution in [-0.2, 0) is 16.6 Å². The average molecular weight is 377 g/mol. The molecule has 8 heteroatoms. The third-order valence-corrected chi connectivity index (χ3v) is 5.31. The lowest BCUT2D eigenvalue weighted by molar-refractivity contribution is -0.122. The summed E-state index contributed by atoms with van der Waals surface area (Å²) >= 11 is 0. The van der Waals surface area contributed by atoms with Crippen molar-refractivity contribution >= 4 is 11.6 Å². The second kappa shape index (κ2) is 9.85. The van der Waals surface area contributed by atoms with Crippen molar-refractivity contribution in [3.05, 3.63) is 22.6 Å². The van der Waals surface area contributed by atoms with E-state index in [-0.39, 0.29) is 17.6 Å². The van der Waals surface area contributed by atoms with Gasteiger partial charge in [0.15, 0.2) is 0 Å². The molecule has 0 unspecified atom stereocenters. The van der Waals surface area contributed by atoms with Gasteiger partial charge < -0.3 is 15.0 Å². The first-order valence-electron chi connectivity index (χ1n) is 10.0. The highest BCUT2D eigenvalue weighted by atomic mass is 16.5. The fourth-order valence-electron chi connectivity index (χ4n) is 3.69. The largest absolute Gasteiger partial charge is 0.374 e. The molecule has 3 rings (SSSR count). The van der Waals surface area contributed by atoms with Crippen LogP contribution in [0.5, 0.6) is 0 Å². The molecule has 2 aliphatic heterocycles. The van der Waals surface area contributed by atoms with Crippen LogP contribution in [0.4, 0.5) is 5.69 Å². The summed E-state index contributed by atoms with van der Waals surface area (Å²) in [4.78, 5) is 28.3. The van der Waals surface area contributed by atoms with Crippen LogP contribution in [-0.4, -0.2) is 72.6 Å². The monoisotopic (exact) mass is 377 g/mol. The number of carbonyl (C=O) groups excluding carboxylic acids is 1. The smallest absolute Gasteiger partial charge is 0.268 e. The van der Waals surface area contributed by atoms with Gasteiger partial charge in [-0.3, -0.25) is 14.5 Å². The number of amides is 1. The summed E-state index contributed by atoms with van der Waals surface area (Å²) in [7, 11) is 1.64. The number of ether oxygens (including phenoxy) is 1. The lowest BCUT2D eigenvalue weighted by Gasteiger charge is -2.34. The van der Waals surface area contributed by atoms with E-state index in [2.05, 4.69) is 20.2 Å². The molecule has 3 heterocycles. The summed E-state index contributed by atoms with van der Waals surface area (Å²) in [6.07, 6.45) is 7.45. The van der Waals surface area contributed by atoms with E-state index < -0.39 is 0 Å². The third-order valence-electron chi connectivity index (χ3n) is 5.31. The van der Waals surface area contributed by atoms with E-state index in [1.54, 1.807) is 19.3 Å². The normalized spacial score (nSPS) is 21.7. The molecule has 8 nitrogen and oxygen atoms in total. The number of nitrogens with zero attached hydrogens (tertiary/aromatic N) is 4. The molecule has 1 aromatic heterocycles. The number of anilines is 1. The molecular weight excluding hydrogens is 346 g/mol. The molecule has 1 N–H and O–H groups in total. The SMILES string of the molecule is Cn1ncc(N2CCO[C@@H](CCNC(=O)CN3CCCCCC3)C2)cc1=O. The molecular formula is C19H31N5O3.